The first-order chi connectivity index (χ1) is 5.61. The Balaban J connectivity index is 2.37. The lowest BCUT2D eigenvalue weighted by atomic mass is 9.67. The molecule has 0 aromatic heterocycles. The average molecular weight is 166 g/mol. The molecule has 0 aromatic rings. The van der Waals surface area contributed by atoms with E-state index in [1.165, 1.54) is 0 Å². The monoisotopic (exact) mass is 166 g/mol. The maximum atomic E-state index is 5.88. The van der Waals surface area contributed by atoms with Crippen molar-refractivity contribution >= 4 is 5.84 Å². The molecule has 3 aliphatic rings. The van der Waals surface area contributed by atoms with Crippen LogP contribution in [-0.2, 0) is 0 Å². The van der Waals surface area contributed by atoms with Gasteiger partial charge in [0.1, 0.15) is 5.84 Å². The Morgan fingerprint density at radius 3 is 2.67 bits per heavy atom. The van der Waals surface area contributed by atoms with Gasteiger partial charge in [0.2, 0.25) is 0 Å². The minimum absolute atomic E-state index is 0.111. The summed E-state index contributed by atoms with van der Waals surface area (Å²) in [5.74, 6) is 1.29. The lowest BCUT2D eigenvalue weighted by Gasteiger charge is -2.44. The van der Waals surface area contributed by atoms with Gasteiger partial charge in [0, 0.05) is 12.0 Å². The summed E-state index contributed by atoms with van der Waals surface area (Å²) < 4.78 is 0. The summed E-state index contributed by atoms with van der Waals surface area (Å²) in [6, 6.07) is 0.284. The molecule has 3 rings (SSSR count). The zero-order valence-corrected chi connectivity index (χ0v) is 7.07. The quantitative estimate of drug-likeness (QED) is 0.438. The number of nitrogens with two attached hydrogens (primary N) is 3. The fraction of sp³-hybridized carbons (Fsp3) is 0.625. The van der Waals surface area contributed by atoms with Crippen LogP contribution < -0.4 is 17.2 Å². The second-order valence-electron chi connectivity index (χ2n) is 3.64. The van der Waals surface area contributed by atoms with Crippen LogP contribution in [0.2, 0.25) is 0 Å². The van der Waals surface area contributed by atoms with Crippen molar-refractivity contribution in [1.82, 2.24) is 0 Å². The topological polar surface area (TPSA) is 90.4 Å². The van der Waals surface area contributed by atoms with Crippen LogP contribution in [0.4, 0.5) is 0 Å². The second-order valence-corrected chi connectivity index (χ2v) is 3.64. The van der Waals surface area contributed by atoms with Crippen LogP contribution in [0.5, 0.6) is 0 Å². The van der Waals surface area contributed by atoms with Gasteiger partial charge in [0.25, 0.3) is 0 Å². The van der Waals surface area contributed by atoms with Gasteiger partial charge < -0.3 is 17.2 Å². The summed E-state index contributed by atoms with van der Waals surface area (Å²) in [4.78, 5) is 4.26. The van der Waals surface area contributed by atoms with Crippen LogP contribution in [0, 0.1) is 11.8 Å². The summed E-state index contributed by atoms with van der Waals surface area (Å²) in [6.07, 6.45) is 1.94. The lowest BCUT2D eigenvalue weighted by molar-refractivity contribution is 0.160. The van der Waals surface area contributed by atoms with E-state index in [2.05, 4.69) is 11.9 Å². The van der Waals surface area contributed by atoms with Crippen molar-refractivity contribution in [2.75, 3.05) is 0 Å². The molecule has 1 fully saturated rings. The summed E-state index contributed by atoms with van der Waals surface area (Å²) in [5.41, 5.74) is 17.8. The third kappa shape index (κ3) is 0.783. The number of fused-ring (bicyclic) bond motifs is 1. The van der Waals surface area contributed by atoms with Gasteiger partial charge in [-0.15, -0.1) is 0 Å². The normalized spacial score (nSPS) is 45.5. The molecule has 0 saturated heterocycles. The molecule has 0 radical (unpaired) electrons. The molecule has 2 heterocycles. The molecule has 0 aromatic carbocycles. The average Bonchev–Trinajstić information content (AvgIpc) is 2.23. The van der Waals surface area contributed by atoms with Gasteiger partial charge in [-0.05, 0) is 5.92 Å². The smallest absolute Gasteiger partial charge is 0.141 e. The fourth-order valence-corrected chi connectivity index (χ4v) is 2.01. The fourth-order valence-electron chi connectivity index (χ4n) is 2.01. The van der Waals surface area contributed by atoms with Gasteiger partial charge >= 0.3 is 0 Å². The van der Waals surface area contributed by atoms with E-state index in [0.29, 0.717) is 23.4 Å². The van der Waals surface area contributed by atoms with Gasteiger partial charge in [0.05, 0.1) is 11.7 Å². The molecular weight excluding hydrogens is 152 g/mol. The highest BCUT2D eigenvalue weighted by atomic mass is 15.0. The highest BCUT2D eigenvalue weighted by molar-refractivity contribution is 5.96. The largest absolute Gasteiger partial charge is 0.396 e. The Hall–Kier alpha value is -1.03. The Kier molecular flexibility index (Phi) is 1.41. The minimum Gasteiger partial charge on any atom is -0.396 e. The van der Waals surface area contributed by atoms with Crippen LogP contribution in [0.25, 0.3) is 0 Å². The Morgan fingerprint density at radius 1 is 1.42 bits per heavy atom. The molecule has 12 heavy (non-hydrogen) atoms. The number of amidine groups is 1. The highest BCUT2D eigenvalue weighted by Gasteiger charge is 2.46. The second kappa shape index (κ2) is 2.23. The van der Waals surface area contributed by atoms with Crippen LogP contribution in [0.15, 0.2) is 16.8 Å². The van der Waals surface area contributed by atoms with E-state index in [-0.39, 0.29) is 12.1 Å². The molecule has 0 amide bonds. The summed E-state index contributed by atoms with van der Waals surface area (Å²) >= 11 is 0. The molecule has 4 unspecified atom stereocenters. The Labute approximate surface area is 71.5 Å². The van der Waals surface area contributed by atoms with Gasteiger partial charge in [-0.1, -0.05) is 13.0 Å². The number of rotatable bonds is 0. The minimum atomic E-state index is 0.111. The van der Waals surface area contributed by atoms with E-state index in [1.54, 1.807) is 0 Å². The van der Waals surface area contributed by atoms with Crippen molar-refractivity contribution in [3.05, 3.63) is 11.8 Å². The molecule has 4 heteroatoms. The zero-order chi connectivity index (χ0) is 8.88. The molecule has 1 saturated carbocycles. The lowest BCUT2D eigenvalue weighted by Crippen LogP contribution is -2.57. The Bertz CT molecular complexity index is 232. The van der Waals surface area contributed by atoms with Crippen LogP contribution in [0.1, 0.15) is 6.92 Å². The van der Waals surface area contributed by atoms with Crippen molar-refractivity contribution in [2.24, 2.45) is 34.0 Å². The van der Waals surface area contributed by atoms with Crippen LogP contribution in [-0.4, -0.2) is 17.9 Å². The van der Waals surface area contributed by atoms with E-state index in [1.807, 2.05) is 6.08 Å². The predicted molar refractivity (Wildman–Crippen MR) is 48.3 cm³/mol. The number of aliphatic imine (C=N–C) groups is 1. The molecule has 2 aliphatic heterocycles. The van der Waals surface area contributed by atoms with Gasteiger partial charge in [0.15, 0.2) is 0 Å². The first kappa shape index (κ1) is 7.61. The molecular formula is C8H14N4. The van der Waals surface area contributed by atoms with Crippen molar-refractivity contribution in [2.45, 2.75) is 19.0 Å². The first-order valence-corrected chi connectivity index (χ1v) is 4.18. The maximum absolute atomic E-state index is 5.88. The number of hydrogen-bond acceptors (Lipinski definition) is 4. The first-order valence-electron chi connectivity index (χ1n) is 4.18. The highest BCUT2D eigenvalue weighted by Crippen LogP contribution is 2.38. The molecule has 66 valence electrons. The molecule has 1 aliphatic carbocycles. The van der Waals surface area contributed by atoms with Crippen molar-refractivity contribution < 1.29 is 0 Å². The molecule has 6 N–H and O–H groups in total. The summed E-state index contributed by atoms with van der Waals surface area (Å²) in [5, 5.41) is 0. The van der Waals surface area contributed by atoms with E-state index >= 15 is 0 Å². The van der Waals surface area contributed by atoms with E-state index in [0.717, 1.165) is 0 Å². The summed E-state index contributed by atoms with van der Waals surface area (Å²) in [6.45, 7) is 2.13. The molecule has 4 atom stereocenters. The molecule has 0 spiro atoms. The van der Waals surface area contributed by atoms with Gasteiger partial charge in [-0.25, -0.2) is 0 Å². The SMILES string of the molecule is CC1C2C=C(N)C(N)=NC1C2N. The van der Waals surface area contributed by atoms with Crippen molar-refractivity contribution in [3.63, 3.8) is 0 Å². The van der Waals surface area contributed by atoms with E-state index < -0.39 is 0 Å². The van der Waals surface area contributed by atoms with Crippen LogP contribution in [0.3, 0.4) is 0 Å². The third-order valence-electron chi connectivity index (χ3n) is 2.94. The predicted octanol–water partition coefficient (Wildman–Crippen LogP) is -0.838. The maximum Gasteiger partial charge on any atom is 0.141 e. The molecule has 4 nitrogen and oxygen atoms in total. The van der Waals surface area contributed by atoms with Gasteiger partial charge in [-0.3, -0.25) is 4.99 Å². The third-order valence-corrected chi connectivity index (χ3v) is 2.94. The Morgan fingerprint density at radius 2 is 2.08 bits per heavy atom. The van der Waals surface area contributed by atoms with Crippen molar-refractivity contribution in [1.29, 1.82) is 0 Å². The number of nitrogens with zero attached hydrogens (tertiary/aromatic N) is 1. The number of hydrogen-bond donors (Lipinski definition) is 3. The zero-order valence-electron chi connectivity index (χ0n) is 7.07. The summed E-state index contributed by atoms with van der Waals surface area (Å²) in [7, 11) is 0. The van der Waals surface area contributed by atoms with Crippen LogP contribution >= 0.6 is 0 Å². The van der Waals surface area contributed by atoms with E-state index in [4.69, 9.17) is 17.2 Å². The standard InChI is InChI=1S/C8H14N4/c1-3-4-2-5(9)8(11)12-7(3)6(4)10/h2-4,6-7H,9-10H2,1H3,(H2,11,12). The van der Waals surface area contributed by atoms with E-state index in [9.17, 15) is 0 Å². The molecule has 2 bridgehead atoms. The van der Waals surface area contributed by atoms with Gasteiger partial charge in [-0.2, -0.15) is 0 Å². The van der Waals surface area contributed by atoms with Crippen molar-refractivity contribution in [3.8, 4) is 0 Å².